The molecule has 7 nitrogen and oxygen atoms in total. The topological polar surface area (TPSA) is 88.1 Å². The average Bonchev–Trinajstić information content (AvgIpc) is 3.00. The first kappa shape index (κ1) is 25.5. The van der Waals surface area contributed by atoms with Crippen LogP contribution in [0.1, 0.15) is 74.7 Å². The van der Waals surface area contributed by atoms with E-state index in [-0.39, 0.29) is 29.8 Å². The van der Waals surface area contributed by atoms with E-state index in [0.29, 0.717) is 6.42 Å². The minimum atomic E-state index is -0.950. The molecule has 0 spiro atoms. The lowest BCUT2D eigenvalue weighted by atomic mass is 9.60. The fraction of sp³-hybridized carbons (Fsp3) is 0.731. The molecule has 0 N–H and O–H groups in total. The lowest BCUT2D eigenvalue weighted by molar-refractivity contribution is -0.191. The second kappa shape index (κ2) is 9.24. The zero-order valence-electron chi connectivity index (χ0n) is 21.1. The Bertz CT molecular complexity index is 870. The lowest BCUT2D eigenvalue weighted by Gasteiger charge is -2.49. The molecule has 2 unspecified atom stereocenters. The molecule has 33 heavy (non-hydrogen) atoms. The van der Waals surface area contributed by atoms with E-state index in [1.807, 2.05) is 33.8 Å². The molecule has 1 saturated heterocycles. The summed E-state index contributed by atoms with van der Waals surface area (Å²) in [5, 5.41) is 0. The van der Waals surface area contributed by atoms with Gasteiger partial charge in [0.25, 0.3) is 0 Å². The van der Waals surface area contributed by atoms with Crippen LogP contribution in [0.25, 0.3) is 0 Å². The first-order valence-corrected chi connectivity index (χ1v) is 11.8. The highest BCUT2D eigenvalue weighted by Crippen LogP contribution is 2.55. The molecule has 184 valence electrons. The Morgan fingerprint density at radius 3 is 2.33 bits per heavy atom. The third-order valence-electron chi connectivity index (χ3n) is 7.35. The predicted octanol–water partition coefficient (Wildman–Crippen LogP) is 4.29. The van der Waals surface area contributed by atoms with Crippen LogP contribution >= 0.6 is 0 Å². The molecule has 0 aromatic heterocycles. The van der Waals surface area contributed by atoms with Gasteiger partial charge in [-0.25, -0.2) is 0 Å². The second-order valence-electron chi connectivity index (χ2n) is 10.6. The highest BCUT2D eigenvalue weighted by atomic mass is 16.6. The van der Waals surface area contributed by atoms with Gasteiger partial charge in [0, 0.05) is 38.5 Å². The van der Waals surface area contributed by atoms with Crippen molar-refractivity contribution in [1.29, 1.82) is 0 Å². The quantitative estimate of drug-likeness (QED) is 0.350. The molecule has 0 radical (unpaired) electrons. The van der Waals surface area contributed by atoms with Gasteiger partial charge in [-0.2, -0.15) is 0 Å². The van der Waals surface area contributed by atoms with E-state index in [1.165, 1.54) is 26.3 Å². The summed E-state index contributed by atoms with van der Waals surface area (Å²) in [5.74, 6) is -1.73. The van der Waals surface area contributed by atoms with Crippen LogP contribution in [-0.4, -0.2) is 47.4 Å². The van der Waals surface area contributed by atoms with Crippen LogP contribution in [0.4, 0.5) is 0 Å². The van der Waals surface area contributed by atoms with Crippen molar-refractivity contribution in [1.82, 2.24) is 0 Å². The summed E-state index contributed by atoms with van der Waals surface area (Å²) in [6, 6.07) is 0. The zero-order valence-corrected chi connectivity index (χ0v) is 21.1. The third-order valence-corrected chi connectivity index (χ3v) is 7.35. The van der Waals surface area contributed by atoms with Crippen LogP contribution in [0.3, 0.4) is 0 Å². The first-order valence-electron chi connectivity index (χ1n) is 11.8. The van der Waals surface area contributed by atoms with Crippen LogP contribution in [0, 0.1) is 17.8 Å². The summed E-state index contributed by atoms with van der Waals surface area (Å²) in [6.45, 7) is 13.9. The minimum Gasteiger partial charge on any atom is -0.459 e. The van der Waals surface area contributed by atoms with E-state index in [0.717, 1.165) is 18.4 Å². The van der Waals surface area contributed by atoms with E-state index in [9.17, 15) is 14.4 Å². The summed E-state index contributed by atoms with van der Waals surface area (Å²) in [6.07, 6.45) is 5.15. The van der Waals surface area contributed by atoms with Crippen molar-refractivity contribution < 1.29 is 33.3 Å². The first-order chi connectivity index (χ1) is 15.2. The molecule has 2 heterocycles. The number of esters is 3. The molecule has 2 bridgehead atoms. The minimum absolute atomic E-state index is 0.0120. The molecule has 0 saturated carbocycles. The molecular formula is C26H38O7. The van der Waals surface area contributed by atoms with Crippen molar-refractivity contribution in [2.75, 3.05) is 0 Å². The maximum absolute atomic E-state index is 12.2. The standard InChI is InChI=1S/C26H38O7/c1-14-10-9-11-26(8,33-18(5)29)24-22-21(19(12-14)31-24)15(2)13-20(30-16(3)27)23(22)25(6,7)32-17(4)28/h10,13,19-24H,9,11-12H2,1-8H3/b14-10-/t19-,20-,21?,22?,23+,24-,26-/m0/s1. The monoisotopic (exact) mass is 462 g/mol. The molecule has 1 aliphatic carbocycles. The van der Waals surface area contributed by atoms with Gasteiger partial charge < -0.3 is 18.9 Å². The lowest BCUT2D eigenvalue weighted by Crippen LogP contribution is -2.57. The van der Waals surface area contributed by atoms with E-state index in [4.69, 9.17) is 18.9 Å². The van der Waals surface area contributed by atoms with Crippen molar-refractivity contribution in [2.45, 2.75) is 104 Å². The molecule has 0 aromatic rings. The number of allylic oxidation sites excluding steroid dienone is 1. The van der Waals surface area contributed by atoms with Gasteiger partial charge in [0.2, 0.25) is 0 Å². The number of hydrogen-bond acceptors (Lipinski definition) is 7. The van der Waals surface area contributed by atoms with Gasteiger partial charge in [-0.3, -0.25) is 14.4 Å². The molecular weight excluding hydrogens is 424 g/mol. The number of fused-ring (bicyclic) bond motifs is 5. The van der Waals surface area contributed by atoms with Crippen LogP contribution in [0.15, 0.2) is 23.3 Å². The van der Waals surface area contributed by atoms with Crippen molar-refractivity contribution in [3.8, 4) is 0 Å². The van der Waals surface area contributed by atoms with E-state index in [1.54, 1.807) is 0 Å². The molecule has 7 atom stereocenters. The molecule has 0 amide bonds. The SMILES string of the molecule is CC(=O)O[C@H]1C=C(C)C2C([C@@H]1C(C)(C)OC(C)=O)[C@@H]1O[C@H]2C/C(C)=C\CC[C@]1(C)OC(C)=O. The van der Waals surface area contributed by atoms with E-state index < -0.39 is 35.3 Å². The van der Waals surface area contributed by atoms with Crippen molar-refractivity contribution in [3.63, 3.8) is 0 Å². The zero-order chi connectivity index (χ0) is 24.7. The van der Waals surface area contributed by atoms with Gasteiger partial charge in [-0.05, 0) is 60.0 Å². The highest BCUT2D eigenvalue weighted by Gasteiger charge is 2.62. The predicted molar refractivity (Wildman–Crippen MR) is 122 cm³/mol. The Morgan fingerprint density at radius 1 is 1.09 bits per heavy atom. The number of carbonyl (C=O) groups excluding carboxylic acids is 3. The number of hydrogen-bond donors (Lipinski definition) is 0. The van der Waals surface area contributed by atoms with E-state index >= 15 is 0 Å². The van der Waals surface area contributed by atoms with Crippen LogP contribution in [-0.2, 0) is 33.3 Å². The number of rotatable bonds is 4. The Morgan fingerprint density at radius 2 is 1.76 bits per heavy atom. The number of carbonyl (C=O) groups is 3. The summed E-state index contributed by atoms with van der Waals surface area (Å²) in [4.78, 5) is 36.2. The van der Waals surface area contributed by atoms with Crippen molar-refractivity contribution in [3.05, 3.63) is 23.3 Å². The van der Waals surface area contributed by atoms with E-state index in [2.05, 4.69) is 13.0 Å². The Labute approximate surface area is 196 Å². The third kappa shape index (κ3) is 5.18. The van der Waals surface area contributed by atoms with Crippen LogP contribution in [0.2, 0.25) is 0 Å². The normalized spacial score (nSPS) is 37.8. The summed E-state index contributed by atoms with van der Waals surface area (Å²) >= 11 is 0. The van der Waals surface area contributed by atoms with Gasteiger partial charge in [0.05, 0.1) is 6.10 Å². The second-order valence-corrected chi connectivity index (χ2v) is 10.6. The summed E-state index contributed by atoms with van der Waals surface area (Å²) in [5.41, 5.74) is 0.479. The van der Waals surface area contributed by atoms with Crippen LogP contribution in [0.5, 0.6) is 0 Å². The fourth-order valence-corrected chi connectivity index (χ4v) is 6.41. The van der Waals surface area contributed by atoms with Gasteiger partial charge in [-0.15, -0.1) is 0 Å². The van der Waals surface area contributed by atoms with Crippen molar-refractivity contribution >= 4 is 17.9 Å². The Hall–Kier alpha value is -2.15. The Kier molecular flexibility index (Phi) is 7.13. The highest BCUT2D eigenvalue weighted by molar-refractivity contribution is 5.67. The number of ether oxygens (including phenoxy) is 4. The van der Waals surface area contributed by atoms with Crippen LogP contribution < -0.4 is 0 Å². The van der Waals surface area contributed by atoms with Gasteiger partial charge >= 0.3 is 17.9 Å². The molecule has 3 rings (SSSR count). The maximum Gasteiger partial charge on any atom is 0.303 e. The van der Waals surface area contributed by atoms with Crippen molar-refractivity contribution in [2.24, 2.45) is 17.8 Å². The van der Waals surface area contributed by atoms with Gasteiger partial charge in [-0.1, -0.05) is 17.2 Å². The molecule has 2 aliphatic heterocycles. The summed E-state index contributed by atoms with van der Waals surface area (Å²) in [7, 11) is 0. The fourth-order valence-electron chi connectivity index (χ4n) is 6.41. The molecule has 0 aromatic carbocycles. The molecule has 3 aliphatic rings. The average molecular weight is 463 g/mol. The molecule has 7 heteroatoms. The largest absolute Gasteiger partial charge is 0.459 e. The smallest absolute Gasteiger partial charge is 0.303 e. The van der Waals surface area contributed by atoms with Gasteiger partial charge in [0.1, 0.15) is 23.4 Å². The molecule has 1 fully saturated rings. The van der Waals surface area contributed by atoms with Gasteiger partial charge in [0.15, 0.2) is 0 Å². The summed E-state index contributed by atoms with van der Waals surface area (Å²) < 4.78 is 24.3. The maximum atomic E-state index is 12.2. The Balaban J connectivity index is 2.20.